The largest absolute Gasteiger partial charge is 0.298 e. The van der Waals surface area contributed by atoms with Crippen molar-refractivity contribution in [3.63, 3.8) is 0 Å². The molecule has 1 heterocycles. The number of aromatic nitrogens is 2. The van der Waals surface area contributed by atoms with E-state index in [2.05, 4.69) is 5.10 Å². The van der Waals surface area contributed by atoms with Crippen LogP contribution >= 0.6 is 11.6 Å². The minimum Gasteiger partial charge on any atom is -0.298 e. The molecule has 0 unspecified atom stereocenters. The van der Waals surface area contributed by atoms with Gasteiger partial charge in [0, 0.05) is 16.8 Å². The van der Waals surface area contributed by atoms with E-state index in [0.717, 1.165) is 17.5 Å². The minimum atomic E-state index is 0.552. The summed E-state index contributed by atoms with van der Waals surface area (Å²) in [7, 11) is 0. The predicted molar refractivity (Wildman–Crippen MR) is 79.4 cm³/mol. The summed E-state index contributed by atoms with van der Waals surface area (Å²) < 4.78 is 1.70. The van der Waals surface area contributed by atoms with Crippen LogP contribution in [0.4, 0.5) is 0 Å². The Bertz CT molecular complexity index is 733. The topological polar surface area (TPSA) is 34.9 Å². The second-order valence-corrected chi connectivity index (χ2v) is 4.77. The maximum Gasteiger partial charge on any atom is 0.153 e. The number of rotatable bonds is 3. The second-order valence-electron chi connectivity index (χ2n) is 4.34. The monoisotopic (exact) mass is 282 g/mol. The zero-order chi connectivity index (χ0) is 13.9. The third kappa shape index (κ3) is 2.36. The number of carbonyl (C=O) groups is 1. The molecule has 0 bridgehead atoms. The molecule has 0 aliphatic heterocycles. The fraction of sp³-hybridized carbons (Fsp3) is 0. The molecule has 20 heavy (non-hydrogen) atoms. The van der Waals surface area contributed by atoms with Crippen LogP contribution < -0.4 is 0 Å². The summed E-state index contributed by atoms with van der Waals surface area (Å²) in [5, 5.41) is 5.15. The highest BCUT2D eigenvalue weighted by molar-refractivity contribution is 6.30. The lowest BCUT2D eigenvalue weighted by Crippen LogP contribution is -1.93. The lowest BCUT2D eigenvalue weighted by Gasteiger charge is -2.00. The van der Waals surface area contributed by atoms with E-state index in [1.54, 1.807) is 23.0 Å². The molecule has 98 valence electrons. The van der Waals surface area contributed by atoms with E-state index < -0.39 is 0 Å². The standard InChI is InChI=1S/C16H11ClN2O/c17-14-8-6-12(7-9-14)16-13(11-20)10-19(18-16)15-4-2-1-3-5-15/h1-11H. The normalized spacial score (nSPS) is 10.4. The first-order valence-electron chi connectivity index (χ1n) is 6.14. The number of hydrogen-bond donors (Lipinski definition) is 0. The van der Waals surface area contributed by atoms with Crippen LogP contribution in [0.1, 0.15) is 10.4 Å². The van der Waals surface area contributed by atoms with Crippen LogP contribution in [0, 0.1) is 0 Å². The maximum atomic E-state index is 11.2. The fourth-order valence-electron chi connectivity index (χ4n) is 2.02. The highest BCUT2D eigenvalue weighted by atomic mass is 35.5. The third-order valence-corrected chi connectivity index (χ3v) is 3.26. The molecule has 4 heteroatoms. The Labute approximate surface area is 121 Å². The van der Waals surface area contributed by atoms with Gasteiger partial charge in [-0.2, -0.15) is 5.10 Å². The smallest absolute Gasteiger partial charge is 0.153 e. The Hall–Kier alpha value is -2.39. The summed E-state index contributed by atoms with van der Waals surface area (Å²) in [6.45, 7) is 0. The predicted octanol–water partition coefficient (Wildman–Crippen LogP) is 4.01. The highest BCUT2D eigenvalue weighted by Gasteiger charge is 2.11. The molecule has 3 rings (SSSR count). The average Bonchev–Trinajstić information content (AvgIpc) is 2.93. The first-order valence-corrected chi connectivity index (χ1v) is 6.52. The van der Waals surface area contributed by atoms with Crippen molar-refractivity contribution in [1.29, 1.82) is 0 Å². The Kier molecular flexibility index (Phi) is 3.35. The number of hydrogen-bond acceptors (Lipinski definition) is 2. The SMILES string of the molecule is O=Cc1cn(-c2ccccc2)nc1-c1ccc(Cl)cc1. The van der Waals surface area contributed by atoms with Gasteiger partial charge in [0.2, 0.25) is 0 Å². The van der Waals surface area contributed by atoms with Crippen LogP contribution in [0.5, 0.6) is 0 Å². The summed E-state index contributed by atoms with van der Waals surface area (Å²) in [4.78, 5) is 11.2. The number of aldehydes is 1. The average molecular weight is 283 g/mol. The van der Waals surface area contributed by atoms with Crippen molar-refractivity contribution in [2.24, 2.45) is 0 Å². The molecule has 3 aromatic rings. The Morgan fingerprint density at radius 2 is 1.70 bits per heavy atom. The van der Waals surface area contributed by atoms with Gasteiger partial charge in [0.15, 0.2) is 6.29 Å². The molecule has 0 amide bonds. The number of para-hydroxylation sites is 1. The van der Waals surface area contributed by atoms with Crippen LogP contribution in [0.15, 0.2) is 60.8 Å². The van der Waals surface area contributed by atoms with E-state index in [0.29, 0.717) is 16.3 Å². The summed E-state index contributed by atoms with van der Waals surface area (Å²) >= 11 is 5.88. The van der Waals surface area contributed by atoms with Crippen molar-refractivity contribution >= 4 is 17.9 Å². The van der Waals surface area contributed by atoms with Crippen LogP contribution in [0.2, 0.25) is 5.02 Å². The van der Waals surface area contributed by atoms with Crippen LogP contribution in [-0.4, -0.2) is 16.1 Å². The summed E-state index contributed by atoms with van der Waals surface area (Å²) in [5.41, 5.74) is 2.98. The van der Waals surface area contributed by atoms with Crippen LogP contribution in [0.3, 0.4) is 0 Å². The number of halogens is 1. The Morgan fingerprint density at radius 3 is 2.35 bits per heavy atom. The molecule has 0 radical (unpaired) electrons. The minimum absolute atomic E-state index is 0.552. The molecule has 0 aliphatic rings. The molecule has 0 spiro atoms. The first kappa shape index (κ1) is 12.6. The van der Waals surface area contributed by atoms with Crippen molar-refractivity contribution in [2.45, 2.75) is 0 Å². The number of benzene rings is 2. The second kappa shape index (κ2) is 5.31. The van der Waals surface area contributed by atoms with Gasteiger partial charge in [0.25, 0.3) is 0 Å². The van der Waals surface area contributed by atoms with Gasteiger partial charge in [-0.15, -0.1) is 0 Å². The van der Waals surface area contributed by atoms with Gasteiger partial charge >= 0.3 is 0 Å². The molecule has 0 saturated heterocycles. The molecule has 0 atom stereocenters. The number of carbonyl (C=O) groups excluding carboxylic acids is 1. The molecule has 3 nitrogen and oxygen atoms in total. The van der Waals surface area contributed by atoms with Crippen molar-refractivity contribution in [2.75, 3.05) is 0 Å². The number of nitrogens with zero attached hydrogens (tertiary/aromatic N) is 2. The van der Waals surface area contributed by atoms with E-state index in [4.69, 9.17) is 11.6 Å². The molecule has 0 N–H and O–H groups in total. The van der Waals surface area contributed by atoms with Gasteiger partial charge in [-0.25, -0.2) is 4.68 Å². The van der Waals surface area contributed by atoms with Gasteiger partial charge < -0.3 is 0 Å². The van der Waals surface area contributed by atoms with Gasteiger partial charge in [-0.3, -0.25) is 4.79 Å². The zero-order valence-electron chi connectivity index (χ0n) is 10.5. The van der Waals surface area contributed by atoms with E-state index >= 15 is 0 Å². The van der Waals surface area contributed by atoms with Crippen LogP contribution in [-0.2, 0) is 0 Å². The van der Waals surface area contributed by atoms with Crippen molar-refractivity contribution in [1.82, 2.24) is 9.78 Å². The Morgan fingerprint density at radius 1 is 1.00 bits per heavy atom. The van der Waals surface area contributed by atoms with Gasteiger partial charge in [-0.05, 0) is 24.3 Å². The van der Waals surface area contributed by atoms with E-state index in [-0.39, 0.29) is 0 Å². The fourth-order valence-corrected chi connectivity index (χ4v) is 2.14. The highest BCUT2D eigenvalue weighted by Crippen LogP contribution is 2.24. The van der Waals surface area contributed by atoms with E-state index in [9.17, 15) is 4.79 Å². The zero-order valence-corrected chi connectivity index (χ0v) is 11.3. The van der Waals surface area contributed by atoms with Gasteiger partial charge in [-0.1, -0.05) is 41.9 Å². The lowest BCUT2D eigenvalue weighted by atomic mass is 10.1. The van der Waals surface area contributed by atoms with Crippen molar-refractivity contribution in [3.8, 4) is 16.9 Å². The summed E-state index contributed by atoms with van der Waals surface area (Å²) in [6.07, 6.45) is 2.54. The Balaban J connectivity index is 2.10. The van der Waals surface area contributed by atoms with Gasteiger partial charge in [0.1, 0.15) is 5.69 Å². The van der Waals surface area contributed by atoms with Crippen LogP contribution in [0.25, 0.3) is 16.9 Å². The maximum absolute atomic E-state index is 11.2. The summed E-state index contributed by atoms with van der Waals surface area (Å²) in [5.74, 6) is 0. The molecular formula is C16H11ClN2O. The van der Waals surface area contributed by atoms with Crippen molar-refractivity contribution < 1.29 is 4.79 Å². The first-order chi connectivity index (χ1) is 9.78. The molecule has 0 saturated carbocycles. The molecular weight excluding hydrogens is 272 g/mol. The summed E-state index contributed by atoms with van der Waals surface area (Å²) in [6, 6.07) is 17.0. The lowest BCUT2D eigenvalue weighted by molar-refractivity contribution is 0.112. The van der Waals surface area contributed by atoms with Gasteiger partial charge in [0.05, 0.1) is 11.3 Å². The van der Waals surface area contributed by atoms with Crippen molar-refractivity contribution in [3.05, 3.63) is 71.4 Å². The molecule has 2 aromatic carbocycles. The molecule has 1 aromatic heterocycles. The van der Waals surface area contributed by atoms with E-state index in [1.165, 1.54) is 0 Å². The molecule has 0 aliphatic carbocycles. The third-order valence-electron chi connectivity index (χ3n) is 3.01. The molecule has 0 fully saturated rings. The van der Waals surface area contributed by atoms with E-state index in [1.807, 2.05) is 42.5 Å². The quantitative estimate of drug-likeness (QED) is 0.681.